The molecule has 0 fully saturated rings. The molecule has 0 aromatic heterocycles. The fourth-order valence-corrected chi connectivity index (χ4v) is 2.57. The van der Waals surface area contributed by atoms with Gasteiger partial charge in [-0.25, -0.2) is 9.59 Å². The number of carbonyl (C=O) groups excluding carboxylic acids is 2. The van der Waals surface area contributed by atoms with Crippen LogP contribution >= 0.6 is 0 Å². The van der Waals surface area contributed by atoms with Crippen LogP contribution in [0.2, 0.25) is 0 Å². The SMILES string of the molecule is CCN1C(=O)N[C@@H](c2ccc([N+](=O)[O-])cc2)C(C(=O)OC)=C1C. The van der Waals surface area contributed by atoms with Crippen molar-refractivity contribution in [1.29, 1.82) is 0 Å². The Morgan fingerprint density at radius 2 is 2.00 bits per heavy atom. The van der Waals surface area contributed by atoms with Gasteiger partial charge >= 0.3 is 12.0 Å². The van der Waals surface area contributed by atoms with Crippen molar-refractivity contribution in [2.45, 2.75) is 19.9 Å². The molecule has 1 aliphatic rings. The summed E-state index contributed by atoms with van der Waals surface area (Å²) in [5.41, 5.74) is 1.32. The number of ether oxygens (including phenoxy) is 1. The molecule has 1 aliphatic heterocycles. The Balaban J connectivity index is 2.50. The molecule has 8 heteroatoms. The molecule has 122 valence electrons. The number of nitro groups is 1. The normalized spacial score (nSPS) is 17.8. The van der Waals surface area contributed by atoms with Gasteiger partial charge in [0.15, 0.2) is 0 Å². The first-order chi connectivity index (χ1) is 10.9. The van der Waals surface area contributed by atoms with Gasteiger partial charge in [-0.05, 0) is 31.5 Å². The minimum Gasteiger partial charge on any atom is -0.466 e. The number of rotatable bonds is 4. The number of hydrogen-bond acceptors (Lipinski definition) is 5. The molecule has 8 nitrogen and oxygen atoms in total. The third-order valence-corrected chi connectivity index (χ3v) is 3.76. The molecule has 1 N–H and O–H groups in total. The van der Waals surface area contributed by atoms with Crippen LogP contribution in [0.25, 0.3) is 0 Å². The van der Waals surface area contributed by atoms with E-state index in [9.17, 15) is 19.7 Å². The molecule has 0 bridgehead atoms. The molecule has 1 aromatic rings. The van der Waals surface area contributed by atoms with Crippen LogP contribution in [0.5, 0.6) is 0 Å². The fourth-order valence-electron chi connectivity index (χ4n) is 2.57. The largest absolute Gasteiger partial charge is 0.466 e. The number of benzene rings is 1. The number of methoxy groups -OCH3 is 1. The average molecular weight is 319 g/mol. The fraction of sp³-hybridized carbons (Fsp3) is 0.333. The number of nitro benzene ring substituents is 1. The summed E-state index contributed by atoms with van der Waals surface area (Å²) >= 11 is 0. The standard InChI is InChI=1S/C15H17N3O5/c1-4-17-9(2)12(14(19)23-3)13(16-15(17)20)10-5-7-11(8-6-10)18(21)22/h5-8,13H,4H2,1-3H3,(H,16,20)/t13-/m0/s1. The summed E-state index contributed by atoms with van der Waals surface area (Å²) in [7, 11) is 1.27. The van der Waals surface area contributed by atoms with E-state index in [2.05, 4.69) is 5.32 Å². The van der Waals surface area contributed by atoms with Crippen molar-refractivity contribution in [1.82, 2.24) is 10.2 Å². The van der Waals surface area contributed by atoms with E-state index >= 15 is 0 Å². The van der Waals surface area contributed by atoms with Gasteiger partial charge in [0.05, 0.1) is 23.6 Å². The van der Waals surface area contributed by atoms with Gasteiger partial charge in [-0.1, -0.05) is 0 Å². The van der Waals surface area contributed by atoms with Gasteiger partial charge in [0.1, 0.15) is 0 Å². The van der Waals surface area contributed by atoms with E-state index in [0.29, 0.717) is 23.4 Å². The lowest BCUT2D eigenvalue weighted by Gasteiger charge is -2.34. The first kappa shape index (κ1) is 16.5. The van der Waals surface area contributed by atoms with Crippen molar-refractivity contribution in [3.63, 3.8) is 0 Å². The molecule has 23 heavy (non-hydrogen) atoms. The van der Waals surface area contributed by atoms with Gasteiger partial charge in [-0.3, -0.25) is 15.0 Å². The lowest BCUT2D eigenvalue weighted by molar-refractivity contribution is -0.384. The van der Waals surface area contributed by atoms with Crippen molar-refractivity contribution in [3.05, 3.63) is 51.2 Å². The Labute approximate surface area is 132 Å². The van der Waals surface area contributed by atoms with Crippen LogP contribution in [0.4, 0.5) is 10.5 Å². The molecule has 1 atom stereocenters. The Morgan fingerprint density at radius 1 is 1.39 bits per heavy atom. The van der Waals surface area contributed by atoms with Crippen molar-refractivity contribution >= 4 is 17.7 Å². The first-order valence-corrected chi connectivity index (χ1v) is 7.02. The molecular weight excluding hydrogens is 302 g/mol. The van der Waals surface area contributed by atoms with Crippen molar-refractivity contribution in [2.24, 2.45) is 0 Å². The summed E-state index contributed by atoms with van der Waals surface area (Å²) in [6.07, 6.45) is 0. The Morgan fingerprint density at radius 3 is 2.48 bits per heavy atom. The number of amides is 2. The zero-order chi connectivity index (χ0) is 17.1. The third kappa shape index (κ3) is 3.01. The quantitative estimate of drug-likeness (QED) is 0.520. The Hall–Kier alpha value is -2.90. The van der Waals surface area contributed by atoms with E-state index < -0.39 is 16.9 Å². The topological polar surface area (TPSA) is 102 Å². The average Bonchev–Trinajstić information content (AvgIpc) is 2.54. The minimum atomic E-state index is -0.710. The van der Waals surface area contributed by atoms with Gasteiger partial charge in [0, 0.05) is 24.4 Å². The molecule has 0 saturated carbocycles. The number of carbonyl (C=O) groups is 2. The predicted molar refractivity (Wildman–Crippen MR) is 81.5 cm³/mol. The van der Waals surface area contributed by atoms with Crippen LogP contribution < -0.4 is 5.32 Å². The van der Waals surface area contributed by atoms with Crippen LogP contribution in [0.15, 0.2) is 35.5 Å². The zero-order valence-electron chi connectivity index (χ0n) is 13.0. The molecule has 1 aromatic carbocycles. The van der Waals surface area contributed by atoms with Gasteiger partial charge in [0.2, 0.25) is 0 Å². The highest BCUT2D eigenvalue weighted by atomic mass is 16.6. The van der Waals surface area contributed by atoms with Crippen LogP contribution in [-0.4, -0.2) is 35.5 Å². The molecule has 2 amide bonds. The highest BCUT2D eigenvalue weighted by molar-refractivity contribution is 5.95. The summed E-state index contributed by atoms with van der Waals surface area (Å²) in [5.74, 6) is -0.552. The third-order valence-electron chi connectivity index (χ3n) is 3.76. The highest BCUT2D eigenvalue weighted by Crippen LogP contribution is 2.31. The Bertz CT molecular complexity index is 681. The highest BCUT2D eigenvalue weighted by Gasteiger charge is 2.35. The van der Waals surface area contributed by atoms with E-state index in [1.54, 1.807) is 13.8 Å². The molecule has 0 radical (unpaired) electrons. The van der Waals surface area contributed by atoms with Crippen molar-refractivity contribution in [3.8, 4) is 0 Å². The summed E-state index contributed by atoms with van der Waals surface area (Å²) in [6, 6.07) is 4.65. The molecule has 0 unspecified atom stereocenters. The van der Waals surface area contributed by atoms with E-state index in [1.165, 1.54) is 36.3 Å². The smallest absolute Gasteiger partial charge is 0.337 e. The van der Waals surface area contributed by atoms with Crippen LogP contribution in [-0.2, 0) is 9.53 Å². The second-order valence-corrected chi connectivity index (χ2v) is 4.97. The summed E-state index contributed by atoms with van der Waals surface area (Å²) in [4.78, 5) is 36.0. The number of esters is 1. The molecular formula is C15H17N3O5. The number of hydrogen-bond donors (Lipinski definition) is 1. The van der Waals surface area contributed by atoms with Crippen LogP contribution in [0.3, 0.4) is 0 Å². The summed E-state index contributed by atoms with van der Waals surface area (Å²) < 4.78 is 4.82. The predicted octanol–water partition coefficient (Wildman–Crippen LogP) is 2.13. The van der Waals surface area contributed by atoms with Gasteiger partial charge < -0.3 is 10.1 Å². The van der Waals surface area contributed by atoms with Crippen molar-refractivity contribution < 1.29 is 19.2 Å². The van der Waals surface area contributed by atoms with Gasteiger partial charge in [-0.2, -0.15) is 0 Å². The summed E-state index contributed by atoms with van der Waals surface area (Å²) in [5, 5.41) is 13.5. The van der Waals surface area contributed by atoms with Crippen LogP contribution in [0, 0.1) is 10.1 Å². The van der Waals surface area contributed by atoms with E-state index in [-0.39, 0.29) is 11.7 Å². The van der Waals surface area contributed by atoms with E-state index in [0.717, 1.165) is 0 Å². The molecule has 2 rings (SSSR count). The monoisotopic (exact) mass is 319 g/mol. The minimum absolute atomic E-state index is 0.0635. The molecule has 0 saturated heterocycles. The van der Waals surface area contributed by atoms with E-state index in [4.69, 9.17) is 4.74 Å². The Kier molecular flexibility index (Phi) is 4.63. The zero-order valence-corrected chi connectivity index (χ0v) is 13.0. The second-order valence-electron chi connectivity index (χ2n) is 4.97. The maximum Gasteiger partial charge on any atom is 0.337 e. The molecule has 1 heterocycles. The molecule has 0 aliphatic carbocycles. The lowest BCUT2D eigenvalue weighted by Crippen LogP contribution is -2.47. The van der Waals surface area contributed by atoms with E-state index in [1.807, 2.05) is 0 Å². The maximum atomic E-state index is 12.2. The lowest BCUT2D eigenvalue weighted by atomic mass is 9.95. The molecule has 0 spiro atoms. The summed E-state index contributed by atoms with van der Waals surface area (Å²) in [6.45, 7) is 3.88. The van der Waals surface area contributed by atoms with Gasteiger partial charge in [0.25, 0.3) is 5.69 Å². The van der Waals surface area contributed by atoms with Crippen LogP contribution in [0.1, 0.15) is 25.5 Å². The number of allylic oxidation sites excluding steroid dienone is 1. The first-order valence-electron chi connectivity index (χ1n) is 7.02. The number of nitrogens with one attached hydrogen (secondary N) is 1. The maximum absolute atomic E-state index is 12.2. The van der Waals surface area contributed by atoms with Gasteiger partial charge in [-0.15, -0.1) is 0 Å². The van der Waals surface area contributed by atoms with Crippen molar-refractivity contribution in [2.75, 3.05) is 13.7 Å². The number of non-ortho nitro benzene ring substituents is 1. The number of nitrogens with zero attached hydrogens (tertiary/aromatic N) is 2. The number of urea groups is 1. The second kappa shape index (κ2) is 6.47.